The molecule has 162 valence electrons. The van der Waals surface area contributed by atoms with Crippen LogP contribution < -0.4 is 4.90 Å². The number of rotatable bonds is 6. The van der Waals surface area contributed by atoms with Gasteiger partial charge in [0.25, 0.3) is 5.91 Å². The molecule has 1 aliphatic rings. The summed E-state index contributed by atoms with van der Waals surface area (Å²) in [6, 6.07) is 10.7. The molecule has 0 spiro atoms. The zero-order chi connectivity index (χ0) is 22.0. The van der Waals surface area contributed by atoms with Crippen LogP contribution in [0.15, 0.2) is 53.2 Å². The number of anilines is 1. The average Bonchev–Trinajstić information content (AvgIpc) is 3.49. The minimum absolute atomic E-state index is 0.0716. The van der Waals surface area contributed by atoms with Gasteiger partial charge in [-0.25, -0.2) is 0 Å². The van der Waals surface area contributed by atoms with Gasteiger partial charge in [0, 0.05) is 34.0 Å². The van der Waals surface area contributed by atoms with Crippen molar-refractivity contribution in [3.8, 4) is 0 Å². The molecule has 1 aromatic carbocycles. The normalized spacial score (nSPS) is 14.3. The third-order valence-corrected chi connectivity index (χ3v) is 6.74. The number of carbonyl (C=O) groups excluding carboxylic acids is 2. The van der Waals surface area contributed by atoms with E-state index < -0.39 is 17.6 Å². The predicted molar refractivity (Wildman–Crippen MR) is 115 cm³/mol. The first-order valence-electron chi connectivity index (χ1n) is 9.68. The topological polar surface area (TPSA) is 40.6 Å². The second-order valence-electron chi connectivity index (χ2n) is 7.24. The van der Waals surface area contributed by atoms with E-state index in [1.54, 1.807) is 4.90 Å². The van der Waals surface area contributed by atoms with E-state index in [9.17, 15) is 22.8 Å². The summed E-state index contributed by atoms with van der Waals surface area (Å²) in [6.07, 6.45) is -3.75. The van der Waals surface area contributed by atoms with Crippen LogP contribution in [0.4, 0.5) is 18.9 Å². The second-order valence-corrected chi connectivity index (χ2v) is 9.30. The summed E-state index contributed by atoms with van der Waals surface area (Å²) < 4.78 is 40.7. The molecular weight excluding hydrogens is 445 g/mol. The summed E-state index contributed by atoms with van der Waals surface area (Å²) in [7, 11) is 0. The Morgan fingerprint density at radius 2 is 1.68 bits per heavy atom. The molecule has 0 saturated carbocycles. The van der Waals surface area contributed by atoms with E-state index in [1.807, 2.05) is 35.0 Å². The maximum Gasteiger partial charge on any atom is 0.416 e. The van der Waals surface area contributed by atoms with E-state index >= 15 is 0 Å². The van der Waals surface area contributed by atoms with Crippen molar-refractivity contribution >= 4 is 40.2 Å². The molecule has 4 nitrogen and oxygen atoms in total. The molecule has 9 heteroatoms. The van der Waals surface area contributed by atoms with Gasteiger partial charge in [0.2, 0.25) is 5.91 Å². The summed E-state index contributed by atoms with van der Waals surface area (Å²) >= 11 is 2.97. The van der Waals surface area contributed by atoms with Gasteiger partial charge in [0.15, 0.2) is 0 Å². The van der Waals surface area contributed by atoms with Crippen molar-refractivity contribution in [1.29, 1.82) is 0 Å². The van der Waals surface area contributed by atoms with E-state index in [0.29, 0.717) is 32.5 Å². The van der Waals surface area contributed by atoms with E-state index in [0.717, 1.165) is 21.9 Å². The molecule has 0 N–H and O–H groups in total. The Bertz CT molecular complexity index is 1030. The highest BCUT2D eigenvalue weighted by Gasteiger charge is 2.34. The van der Waals surface area contributed by atoms with Crippen molar-refractivity contribution in [2.45, 2.75) is 32.1 Å². The number of thiophene rings is 2. The number of hydrogen-bond acceptors (Lipinski definition) is 4. The molecule has 4 rings (SSSR count). The molecule has 0 radical (unpaired) electrons. The minimum Gasteiger partial charge on any atom is -0.328 e. The molecule has 3 aromatic rings. The average molecular weight is 465 g/mol. The van der Waals surface area contributed by atoms with Crippen LogP contribution in [0, 0.1) is 0 Å². The van der Waals surface area contributed by atoms with E-state index in [-0.39, 0.29) is 17.2 Å². The van der Waals surface area contributed by atoms with E-state index in [4.69, 9.17) is 0 Å². The summed E-state index contributed by atoms with van der Waals surface area (Å²) in [4.78, 5) is 30.3. The largest absolute Gasteiger partial charge is 0.416 e. The van der Waals surface area contributed by atoms with Crippen LogP contribution in [0.5, 0.6) is 0 Å². The molecule has 0 aliphatic carbocycles. The second kappa shape index (κ2) is 8.84. The Labute approximate surface area is 185 Å². The van der Waals surface area contributed by atoms with Crippen LogP contribution in [0.1, 0.15) is 38.5 Å². The first kappa shape index (κ1) is 21.6. The highest BCUT2D eigenvalue weighted by molar-refractivity contribution is 7.10. The quantitative estimate of drug-likeness (QED) is 0.463. The summed E-state index contributed by atoms with van der Waals surface area (Å²) in [5, 5.41) is 3.79. The van der Waals surface area contributed by atoms with E-state index in [2.05, 4.69) is 0 Å². The van der Waals surface area contributed by atoms with Crippen LogP contribution in [0.25, 0.3) is 0 Å². The van der Waals surface area contributed by atoms with Crippen molar-refractivity contribution < 1.29 is 22.8 Å². The lowest BCUT2D eigenvalue weighted by Crippen LogP contribution is -2.30. The molecule has 0 unspecified atom stereocenters. The van der Waals surface area contributed by atoms with Crippen LogP contribution in [0.3, 0.4) is 0 Å². The zero-order valence-electron chi connectivity index (χ0n) is 16.4. The van der Waals surface area contributed by atoms with Gasteiger partial charge in [-0.1, -0.05) is 12.1 Å². The van der Waals surface area contributed by atoms with Gasteiger partial charge in [-0.15, -0.1) is 22.7 Å². The third-order valence-electron chi connectivity index (χ3n) is 5.02. The Balaban J connectivity index is 1.71. The minimum atomic E-state index is -4.62. The van der Waals surface area contributed by atoms with Gasteiger partial charge in [-0.3, -0.25) is 9.59 Å². The number of carbonyl (C=O) groups is 2. The maximum atomic E-state index is 13.6. The fraction of sp³-hybridized carbons (Fsp3) is 0.273. The number of benzene rings is 1. The number of hydrogen-bond donors (Lipinski definition) is 0. The summed E-state index contributed by atoms with van der Waals surface area (Å²) in [5.41, 5.74) is -0.884. The molecule has 0 atom stereocenters. The smallest absolute Gasteiger partial charge is 0.328 e. The lowest BCUT2D eigenvalue weighted by Gasteiger charge is -2.24. The van der Waals surface area contributed by atoms with Gasteiger partial charge in [-0.05, 0) is 47.5 Å². The standard InChI is InChI=1S/C22H19F3N2O2S2/c23-22(24,25)16-10-15(11-17(12-16)27-7-1-6-20(27)28)21(29)26(13-18-4-2-8-30-18)14-19-5-3-9-31-19/h2-5,8-12H,1,6-7,13-14H2. The molecule has 0 bridgehead atoms. The molecule has 31 heavy (non-hydrogen) atoms. The first-order valence-corrected chi connectivity index (χ1v) is 11.4. The molecule has 2 aromatic heterocycles. The highest BCUT2D eigenvalue weighted by Crippen LogP contribution is 2.35. The fourth-order valence-corrected chi connectivity index (χ4v) is 4.98. The van der Waals surface area contributed by atoms with Gasteiger partial charge >= 0.3 is 6.18 Å². The summed E-state index contributed by atoms with van der Waals surface area (Å²) in [5.74, 6) is -0.729. The number of amides is 2. The predicted octanol–water partition coefficient (Wildman–Crippen LogP) is 5.80. The van der Waals surface area contributed by atoms with Crippen molar-refractivity contribution in [2.24, 2.45) is 0 Å². The summed E-state index contributed by atoms with van der Waals surface area (Å²) in [6.45, 7) is 0.938. The van der Waals surface area contributed by atoms with Crippen molar-refractivity contribution in [3.05, 3.63) is 74.1 Å². The first-order chi connectivity index (χ1) is 14.8. The van der Waals surface area contributed by atoms with Crippen LogP contribution in [0.2, 0.25) is 0 Å². The van der Waals surface area contributed by atoms with E-state index in [1.165, 1.54) is 33.6 Å². The van der Waals surface area contributed by atoms with Crippen LogP contribution in [-0.4, -0.2) is 23.3 Å². The van der Waals surface area contributed by atoms with Gasteiger partial charge in [-0.2, -0.15) is 13.2 Å². The van der Waals surface area contributed by atoms with Crippen LogP contribution in [-0.2, 0) is 24.1 Å². The van der Waals surface area contributed by atoms with Gasteiger partial charge in [0.1, 0.15) is 0 Å². The Kier molecular flexibility index (Phi) is 6.15. The van der Waals surface area contributed by atoms with Crippen molar-refractivity contribution in [3.63, 3.8) is 0 Å². The van der Waals surface area contributed by atoms with Gasteiger partial charge in [0.05, 0.1) is 18.7 Å². The highest BCUT2D eigenvalue weighted by atomic mass is 32.1. The number of alkyl halides is 3. The third kappa shape index (κ3) is 4.99. The van der Waals surface area contributed by atoms with Gasteiger partial charge < -0.3 is 9.80 Å². The zero-order valence-corrected chi connectivity index (χ0v) is 18.0. The molecule has 3 heterocycles. The molecule has 1 aliphatic heterocycles. The molecule has 1 saturated heterocycles. The maximum absolute atomic E-state index is 13.6. The number of halogens is 3. The Morgan fingerprint density at radius 1 is 1.03 bits per heavy atom. The molecule has 2 amide bonds. The lowest BCUT2D eigenvalue weighted by atomic mass is 10.1. The van der Waals surface area contributed by atoms with Crippen molar-refractivity contribution in [2.75, 3.05) is 11.4 Å². The molecular formula is C22H19F3N2O2S2. The monoisotopic (exact) mass is 464 g/mol. The number of nitrogens with zero attached hydrogens (tertiary/aromatic N) is 2. The fourth-order valence-electron chi connectivity index (χ4n) is 3.54. The molecule has 1 fully saturated rings. The van der Waals surface area contributed by atoms with Crippen LogP contribution >= 0.6 is 22.7 Å². The SMILES string of the molecule is O=C(c1cc(N2CCCC2=O)cc(C(F)(F)F)c1)N(Cc1cccs1)Cc1cccs1. The lowest BCUT2D eigenvalue weighted by molar-refractivity contribution is -0.137. The van der Waals surface area contributed by atoms with Crippen molar-refractivity contribution in [1.82, 2.24) is 4.90 Å². The Hall–Kier alpha value is -2.65. The Morgan fingerprint density at radius 3 is 2.16 bits per heavy atom.